The Morgan fingerprint density at radius 1 is 1.11 bits per heavy atom. The second kappa shape index (κ2) is 12.4. The van der Waals surface area contributed by atoms with Gasteiger partial charge in [0, 0.05) is 54.6 Å². The zero-order valence-electron chi connectivity index (χ0n) is 20.1. The van der Waals surface area contributed by atoms with Crippen LogP contribution < -0.4 is 0 Å². The van der Waals surface area contributed by atoms with Gasteiger partial charge in [0.2, 0.25) is 0 Å². The van der Waals surface area contributed by atoms with Crippen molar-refractivity contribution in [2.75, 3.05) is 39.4 Å². The van der Waals surface area contributed by atoms with Gasteiger partial charge in [0.1, 0.15) is 0 Å². The molecule has 9 heteroatoms. The first-order valence-corrected chi connectivity index (χ1v) is 13.0. The van der Waals surface area contributed by atoms with Gasteiger partial charge >= 0.3 is 0 Å². The molecular weight excluding hydrogens is 498 g/mol. The van der Waals surface area contributed by atoms with Crippen LogP contribution in [0.15, 0.2) is 76.5 Å². The van der Waals surface area contributed by atoms with Crippen molar-refractivity contribution in [3.63, 3.8) is 0 Å². The highest BCUT2D eigenvalue weighted by Crippen LogP contribution is 2.34. The number of rotatable bonds is 9. The Morgan fingerprint density at radius 2 is 1.83 bits per heavy atom. The van der Waals surface area contributed by atoms with Crippen molar-refractivity contribution in [1.82, 2.24) is 9.80 Å². The van der Waals surface area contributed by atoms with E-state index in [1.54, 1.807) is 41.3 Å². The van der Waals surface area contributed by atoms with Crippen LogP contribution in [0, 0.1) is 17.0 Å². The van der Waals surface area contributed by atoms with Crippen LogP contribution in [0.25, 0.3) is 0 Å². The highest BCUT2D eigenvalue weighted by Gasteiger charge is 2.23. The lowest BCUT2D eigenvalue weighted by Crippen LogP contribution is -2.43. The number of benzene rings is 3. The number of non-ortho nitro benzene ring substituents is 1. The Bertz CT molecular complexity index is 1220. The largest absolute Gasteiger partial charge is 0.379 e. The zero-order chi connectivity index (χ0) is 25.5. The van der Waals surface area contributed by atoms with E-state index in [1.165, 1.54) is 17.8 Å². The lowest BCUT2D eigenvalue weighted by molar-refractivity contribution is -0.385. The number of halogens is 1. The molecule has 0 aromatic heterocycles. The van der Waals surface area contributed by atoms with Crippen molar-refractivity contribution in [3.05, 3.63) is 98.6 Å². The first-order chi connectivity index (χ1) is 17.4. The summed E-state index contributed by atoms with van der Waals surface area (Å²) in [5.41, 5.74) is 2.29. The van der Waals surface area contributed by atoms with E-state index in [0.717, 1.165) is 34.0 Å². The minimum absolute atomic E-state index is 0.00317. The van der Waals surface area contributed by atoms with E-state index in [1.807, 2.05) is 31.2 Å². The van der Waals surface area contributed by atoms with Gasteiger partial charge in [0.05, 0.1) is 28.7 Å². The fraction of sp³-hybridized carbons (Fsp3) is 0.296. The van der Waals surface area contributed by atoms with Gasteiger partial charge < -0.3 is 9.64 Å². The maximum Gasteiger partial charge on any atom is 0.269 e. The van der Waals surface area contributed by atoms with Crippen LogP contribution in [-0.2, 0) is 11.3 Å². The summed E-state index contributed by atoms with van der Waals surface area (Å²) >= 11 is 7.89. The standard InChI is InChI=1S/C27H28ClN3O4S/c1-20-6-9-23(10-7-20)36-26-11-8-22(31(33)34)18-21(26)19-30(13-12-29-14-16-35-17-15-29)27(32)24-4-2-3-5-25(24)28/h2-11,18H,12-17,19H2,1H3. The molecule has 3 aromatic carbocycles. The fourth-order valence-electron chi connectivity index (χ4n) is 3.99. The first-order valence-electron chi connectivity index (χ1n) is 11.8. The first kappa shape index (κ1) is 26.2. The molecule has 4 rings (SSSR count). The molecule has 1 aliphatic rings. The summed E-state index contributed by atoms with van der Waals surface area (Å²) in [4.78, 5) is 30.7. The molecule has 0 atom stereocenters. The molecule has 0 saturated carbocycles. The van der Waals surface area contributed by atoms with Crippen LogP contribution in [0.1, 0.15) is 21.5 Å². The van der Waals surface area contributed by atoms with Crippen LogP contribution >= 0.6 is 23.4 Å². The molecule has 0 bridgehead atoms. The van der Waals surface area contributed by atoms with Crippen LogP contribution in [-0.4, -0.2) is 60.0 Å². The van der Waals surface area contributed by atoms with Gasteiger partial charge in [-0.3, -0.25) is 19.8 Å². The van der Waals surface area contributed by atoms with Gasteiger partial charge in [-0.25, -0.2) is 0 Å². The van der Waals surface area contributed by atoms with Crippen LogP contribution in [0.3, 0.4) is 0 Å². The van der Waals surface area contributed by atoms with Crippen molar-refractivity contribution in [3.8, 4) is 0 Å². The maximum atomic E-state index is 13.6. The summed E-state index contributed by atoms with van der Waals surface area (Å²) in [5.74, 6) is -0.202. The molecule has 1 saturated heterocycles. The smallest absolute Gasteiger partial charge is 0.269 e. The number of carbonyl (C=O) groups excluding carboxylic acids is 1. The normalized spacial score (nSPS) is 13.9. The fourth-order valence-corrected chi connectivity index (χ4v) is 5.12. The molecule has 0 unspecified atom stereocenters. The number of ether oxygens (including phenoxy) is 1. The van der Waals surface area contributed by atoms with Gasteiger partial charge in [-0.1, -0.05) is 53.2 Å². The minimum atomic E-state index is -0.405. The Kier molecular flexibility index (Phi) is 8.98. The maximum absolute atomic E-state index is 13.6. The van der Waals surface area contributed by atoms with Gasteiger partial charge in [0.25, 0.3) is 11.6 Å². The number of nitro groups is 1. The molecule has 0 radical (unpaired) electrons. The molecule has 0 spiro atoms. The number of hydrogen-bond donors (Lipinski definition) is 0. The quantitative estimate of drug-likeness (QED) is 0.264. The number of nitrogens with zero attached hydrogens (tertiary/aromatic N) is 3. The molecule has 188 valence electrons. The van der Waals surface area contributed by atoms with E-state index in [4.69, 9.17) is 16.3 Å². The molecule has 1 heterocycles. The van der Waals surface area contributed by atoms with Gasteiger partial charge in [-0.2, -0.15) is 0 Å². The van der Waals surface area contributed by atoms with E-state index >= 15 is 0 Å². The van der Waals surface area contributed by atoms with Crippen molar-refractivity contribution < 1.29 is 14.5 Å². The number of amides is 1. The van der Waals surface area contributed by atoms with E-state index in [2.05, 4.69) is 4.90 Å². The summed E-state index contributed by atoms with van der Waals surface area (Å²) < 4.78 is 5.44. The SMILES string of the molecule is Cc1ccc(Sc2ccc([N+](=O)[O-])cc2CN(CCN2CCOCC2)C(=O)c2ccccc2Cl)cc1. The van der Waals surface area contributed by atoms with Crippen LogP contribution in [0.4, 0.5) is 5.69 Å². The third-order valence-corrected chi connectivity index (χ3v) is 7.50. The van der Waals surface area contributed by atoms with Crippen molar-refractivity contribution in [2.24, 2.45) is 0 Å². The van der Waals surface area contributed by atoms with E-state index in [9.17, 15) is 14.9 Å². The Balaban J connectivity index is 1.64. The summed E-state index contributed by atoms with van der Waals surface area (Å²) in [7, 11) is 0. The number of carbonyl (C=O) groups is 1. The average Bonchev–Trinajstić information content (AvgIpc) is 2.89. The van der Waals surface area contributed by atoms with Crippen LogP contribution in [0.2, 0.25) is 5.02 Å². The summed E-state index contributed by atoms with van der Waals surface area (Å²) in [6.07, 6.45) is 0. The zero-order valence-corrected chi connectivity index (χ0v) is 21.6. The molecular formula is C27H28ClN3O4S. The molecule has 1 amide bonds. The Labute approximate surface area is 220 Å². The third-order valence-electron chi connectivity index (χ3n) is 6.05. The lowest BCUT2D eigenvalue weighted by atomic mass is 10.1. The van der Waals surface area contributed by atoms with Gasteiger partial charge in [-0.05, 0) is 42.8 Å². The van der Waals surface area contributed by atoms with Crippen molar-refractivity contribution >= 4 is 35.0 Å². The van der Waals surface area contributed by atoms with Crippen molar-refractivity contribution in [1.29, 1.82) is 0 Å². The molecule has 1 fully saturated rings. The van der Waals surface area contributed by atoms with E-state index in [-0.39, 0.29) is 18.1 Å². The van der Waals surface area contributed by atoms with Gasteiger partial charge in [-0.15, -0.1) is 0 Å². The molecule has 3 aromatic rings. The number of nitro benzene ring substituents is 1. The summed E-state index contributed by atoms with van der Waals surface area (Å²) in [6, 6.07) is 19.9. The number of hydrogen-bond acceptors (Lipinski definition) is 6. The van der Waals surface area contributed by atoms with E-state index in [0.29, 0.717) is 36.9 Å². The second-order valence-corrected chi connectivity index (χ2v) is 10.1. The number of aryl methyl sites for hydroxylation is 1. The Morgan fingerprint density at radius 3 is 2.53 bits per heavy atom. The van der Waals surface area contributed by atoms with Gasteiger partial charge in [0.15, 0.2) is 0 Å². The second-order valence-electron chi connectivity index (χ2n) is 8.62. The third kappa shape index (κ3) is 6.85. The predicted octanol–water partition coefficient (Wildman–Crippen LogP) is 5.68. The Hall–Kier alpha value is -2.91. The minimum Gasteiger partial charge on any atom is -0.379 e. The van der Waals surface area contributed by atoms with Crippen molar-refractivity contribution in [2.45, 2.75) is 23.3 Å². The van der Waals surface area contributed by atoms with Crippen LogP contribution in [0.5, 0.6) is 0 Å². The summed E-state index contributed by atoms with van der Waals surface area (Å²) in [5, 5.41) is 11.9. The molecule has 7 nitrogen and oxygen atoms in total. The van der Waals surface area contributed by atoms with E-state index < -0.39 is 4.92 Å². The summed E-state index contributed by atoms with van der Waals surface area (Å²) in [6.45, 7) is 6.33. The molecule has 0 N–H and O–H groups in total. The average molecular weight is 526 g/mol. The topological polar surface area (TPSA) is 75.9 Å². The molecule has 36 heavy (non-hydrogen) atoms. The predicted molar refractivity (Wildman–Crippen MR) is 142 cm³/mol. The highest BCUT2D eigenvalue weighted by molar-refractivity contribution is 7.99. The highest BCUT2D eigenvalue weighted by atomic mass is 35.5. The number of morpholine rings is 1. The molecule has 1 aliphatic heterocycles. The molecule has 0 aliphatic carbocycles. The lowest BCUT2D eigenvalue weighted by Gasteiger charge is -2.30. The monoisotopic (exact) mass is 525 g/mol.